The molecule has 0 aliphatic rings. The van der Waals surface area contributed by atoms with Gasteiger partial charge in [0.05, 0.1) is 15.8 Å². The third-order valence-electron chi connectivity index (χ3n) is 7.13. The topological polar surface area (TPSA) is 73.3 Å². The quantitative estimate of drug-likeness (QED) is 0.200. The lowest BCUT2D eigenvalue weighted by atomic mass is 9.93. The van der Waals surface area contributed by atoms with Crippen LogP contribution < -0.4 is 4.74 Å². The van der Waals surface area contributed by atoms with E-state index in [4.69, 9.17) is 4.74 Å². The Labute approximate surface area is 229 Å². The van der Waals surface area contributed by atoms with Crippen LogP contribution in [0, 0.1) is 0 Å². The van der Waals surface area contributed by atoms with Gasteiger partial charge in [-0.05, 0) is 66.9 Å². The average molecular weight is 536 g/mol. The lowest BCUT2D eigenvalue weighted by Crippen LogP contribution is -2.28. The number of para-hydroxylation sites is 1. The molecule has 0 unspecified atom stereocenters. The zero-order valence-corrected chi connectivity index (χ0v) is 22.9. The molecule has 0 bridgehead atoms. The first-order chi connectivity index (χ1) is 18.6. The summed E-state index contributed by atoms with van der Waals surface area (Å²) in [4.78, 5) is 17.7. The molecule has 39 heavy (non-hydrogen) atoms. The molecule has 0 radical (unpaired) electrons. The Bertz CT molecular complexity index is 1780. The van der Waals surface area contributed by atoms with Crippen LogP contribution in [0.4, 0.5) is 0 Å². The van der Waals surface area contributed by atoms with E-state index in [1.54, 1.807) is 44.3 Å². The highest BCUT2D eigenvalue weighted by Gasteiger charge is 2.33. The van der Waals surface area contributed by atoms with Gasteiger partial charge in [-0.3, -0.25) is 9.78 Å². The maximum atomic E-state index is 13.1. The van der Waals surface area contributed by atoms with E-state index in [-0.39, 0.29) is 12.4 Å². The summed E-state index contributed by atoms with van der Waals surface area (Å²) in [7, 11) is -3.37. The number of hydrogen-bond acceptors (Lipinski definition) is 5. The van der Waals surface area contributed by atoms with E-state index in [2.05, 4.69) is 4.98 Å². The summed E-state index contributed by atoms with van der Waals surface area (Å²) in [5.74, 6) is 0.420. The highest BCUT2D eigenvalue weighted by molar-refractivity contribution is 7.91. The number of sulfone groups is 1. The first kappa shape index (κ1) is 26.3. The first-order valence-electron chi connectivity index (χ1n) is 12.6. The van der Waals surface area contributed by atoms with Gasteiger partial charge < -0.3 is 4.74 Å². The Balaban J connectivity index is 1.49. The summed E-state index contributed by atoms with van der Waals surface area (Å²) >= 11 is 0. The van der Waals surface area contributed by atoms with Crippen molar-refractivity contribution in [1.82, 2.24) is 4.98 Å². The van der Waals surface area contributed by atoms with E-state index < -0.39 is 14.6 Å². The number of aromatic nitrogens is 1. The zero-order valence-electron chi connectivity index (χ0n) is 22.1. The molecule has 0 saturated carbocycles. The van der Waals surface area contributed by atoms with Gasteiger partial charge in [0.2, 0.25) is 0 Å². The second-order valence-corrected chi connectivity index (χ2v) is 12.6. The van der Waals surface area contributed by atoms with Crippen molar-refractivity contribution in [3.63, 3.8) is 0 Å². The molecule has 0 N–H and O–H groups in total. The monoisotopic (exact) mass is 535 g/mol. The summed E-state index contributed by atoms with van der Waals surface area (Å²) < 4.78 is 30.3. The molecule has 1 heterocycles. The van der Waals surface area contributed by atoms with Gasteiger partial charge in [0.25, 0.3) is 0 Å². The van der Waals surface area contributed by atoms with E-state index in [0.29, 0.717) is 22.4 Å². The molecule has 0 atom stereocenters. The average Bonchev–Trinajstić information content (AvgIpc) is 2.95. The number of carbonyl (C=O) groups is 1. The Hall–Kier alpha value is -4.29. The van der Waals surface area contributed by atoms with Crippen LogP contribution in [0.3, 0.4) is 0 Å². The fraction of sp³-hybridized carbons (Fsp3) is 0.152. The molecule has 0 spiro atoms. The SMILES string of the molecule is CC(C)(c1cc(-c2cccc(COc3ccccc3C(=O)c3ccccc3)c2)c2ncccc2c1)S(C)(=O)=O. The number of benzene rings is 4. The number of ketones is 1. The zero-order chi connectivity index (χ0) is 27.6. The molecule has 0 amide bonds. The lowest BCUT2D eigenvalue weighted by Gasteiger charge is -2.24. The smallest absolute Gasteiger partial charge is 0.196 e. The van der Waals surface area contributed by atoms with E-state index in [1.807, 2.05) is 78.9 Å². The van der Waals surface area contributed by atoms with Crippen LogP contribution in [-0.2, 0) is 21.2 Å². The maximum Gasteiger partial charge on any atom is 0.196 e. The van der Waals surface area contributed by atoms with E-state index in [9.17, 15) is 13.2 Å². The maximum absolute atomic E-state index is 13.1. The van der Waals surface area contributed by atoms with Crippen molar-refractivity contribution in [3.05, 3.63) is 132 Å². The predicted octanol–water partition coefficient (Wildman–Crippen LogP) is 6.99. The molecule has 1 aromatic heterocycles. The van der Waals surface area contributed by atoms with Crippen molar-refractivity contribution in [2.45, 2.75) is 25.2 Å². The number of ether oxygens (including phenoxy) is 1. The normalized spacial score (nSPS) is 11.9. The van der Waals surface area contributed by atoms with Crippen LogP contribution in [0.2, 0.25) is 0 Å². The van der Waals surface area contributed by atoms with Gasteiger partial charge in [-0.15, -0.1) is 0 Å². The van der Waals surface area contributed by atoms with Crippen LogP contribution in [0.15, 0.2) is 109 Å². The van der Waals surface area contributed by atoms with Gasteiger partial charge in [-0.1, -0.05) is 66.7 Å². The molecule has 0 saturated heterocycles. The predicted molar refractivity (Wildman–Crippen MR) is 156 cm³/mol. The number of carbonyl (C=O) groups excluding carboxylic acids is 1. The van der Waals surface area contributed by atoms with Crippen LogP contribution in [-0.4, -0.2) is 25.4 Å². The minimum absolute atomic E-state index is 0.0946. The van der Waals surface area contributed by atoms with Crippen molar-refractivity contribution in [2.75, 3.05) is 6.26 Å². The van der Waals surface area contributed by atoms with E-state index in [0.717, 1.165) is 27.6 Å². The molecule has 5 aromatic rings. The summed E-state index contributed by atoms with van der Waals surface area (Å²) in [5.41, 5.74) is 5.27. The fourth-order valence-corrected chi connectivity index (χ4v) is 5.03. The molecule has 5 rings (SSSR count). The number of nitrogens with zero attached hydrogens (tertiary/aromatic N) is 1. The van der Waals surface area contributed by atoms with Gasteiger partial charge in [-0.2, -0.15) is 0 Å². The summed E-state index contributed by atoms with van der Waals surface area (Å²) in [5, 5.41) is 0.872. The van der Waals surface area contributed by atoms with Gasteiger partial charge >= 0.3 is 0 Å². The molecule has 196 valence electrons. The minimum atomic E-state index is -3.37. The Morgan fingerprint density at radius 1 is 0.846 bits per heavy atom. The molecule has 0 fully saturated rings. The van der Waals surface area contributed by atoms with E-state index >= 15 is 0 Å². The van der Waals surface area contributed by atoms with Crippen molar-refractivity contribution in [2.24, 2.45) is 0 Å². The Kier molecular flexibility index (Phi) is 7.06. The molecular formula is C33H29NO4S. The lowest BCUT2D eigenvalue weighted by molar-refractivity contribution is 0.103. The molecule has 5 nitrogen and oxygen atoms in total. The van der Waals surface area contributed by atoms with Crippen LogP contribution >= 0.6 is 0 Å². The van der Waals surface area contributed by atoms with Gasteiger partial charge in [0.15, 0.2) is 15.6 Å². The highest BCUT2D eigenvalue weighted by atomic mass is 32.2. The standard InChI is InChI=1S/C33H29NO4S/c1-33(2,39(3,36)37)27-20-26-15-10-18-34-31(26)29(21-27)25-14-9-11-23(19-25)22-38-30-17-8-7-16-28(30)32(35)24-12-5-4-6-13-24/h4-21H,22H2,1-3H3. The van der Waals surface area contributed by atoms with Gasteiger partial charge in [0, 0.05) is 29.0 Å². The number of hydrogen-bond donors (Lipinski definition) is 0. The number of rotatable bonds is 8. The van der Waals surface area contributed by atoms with Gasteiger partial charge in [-0.25, -0.2) is 8.42 Å². The van der Waals surface area contributed by atoms with Crippen LogP contribution in [0.25, 0.3) is 22.0 Å². The molecule has 0 aliphatic heterocycles. The fourth-order valence-electron chi connectivity index (χ4n) is 4.49. The van der Waals surface area contributed by atoms with Crippen molar-refractivity contribution in [3.8, 4) is 16.9 Å². The third kappa shape index (κ3) is 5.33. The molecule has 0 aliphatic carbocycles. The van der Waals surface area contributed by atoms with Crippen molar-refractivity contribution >= 4 is 26.5 Å². The number of fused-ring (bicyclic) bond motifs is 1. The molecule has 4 aromatic carbocycles. The molecular weight excluding hydrogens is 506 g/mol. The minimum Gasteiger partial charge on any atom is -0.488 e. The Morgan fingerprint density at radius 3 is 2.36 bits per heavy atom. The highest BCUT2D eigenvalue weighted by Crippen LogP contribution is 2.36. The number of pyridine rings is 1. The Morgan fingerprint density at radius 2 is 1.59 bits per heavy atom. The second-order valence-electron chi connectivity index (χ2n) is 10.1. The summed E-state index contributed by atoms with van der Waals surface area (Å²) in [6.07, 6.45) is 3.00. The first-order valence-corrected chi connectivity index (χ1v) is 14.5. The van der Waals surface area contributed by atoms with Gasteiger partial charge in [0.1, 0.15) is 12.4 Å². The summed E-state index contributed by atoms with van der Waals surface area (Å²) in [6.45, 7) is 3.71. The summed E-state index contributed by atoms with van der Waals surface area (Å²) in [6, 6.07) is 31.9. The van der Waals surface area contributed by atoms with Crippen LogP contribution in [0.5, 0.6) is 5.75 Å². The van der Waals surface area contributed by atoms with Crippen molar-refractivity contribution in [1.29, 1.82) is 0 Å². The van der Waals surface area contributed by atoms with Crippen molar-refractivity contribution < 1.29 is 17.9 Å². The largest absolute Gasteiger partial charge is 0.488 e. The van der Waals surface area contributed by atoms with Crippen LogP contribution in [0.1, 0.15) is 40.9 Å². The molecule has 6 heteroatoms. The third-order valence-corrected chi connectivity index (χ3v) is 9.22. The second kappa shape index (κ2) is 10.5. The van der Waals surface area contributed by atoms with E-state index in [1.165, 1.54) is 6.26 Å².